The van der Waals surface area contributed by atoms with Crippen molar-refractivity contribution in [2.45, 2.75) is 0 Å². The zero-order valence-corrected chi connectivity index (χ0v) is 18.7. The van der Waals surface area contributed by atoms with Crippen molar-refractivity contribution in [1.29, 1.82) is 0 Å². The average Bonchev–Trinajstić information content (AvgIpc) is 3.17. The van der Waals surface area contributed by atoms with Gasteiger partial charge in [0.25, 0.3) is 5.91 Å². The van der Waals surface area contributed by atoms with E-state index in [1.807, 2.05) is 49.3 Å². The normalized spacial score (nSPS) is 11.6. The number of fused-ring (bicyclic) bond motifs is 1. The molecule has 0 aliphatic rings. The molecule has 0 saturated carbocycles. The van der Waals surface area contributed by atoms with Crippen LogP contribution < -0.4 is 10.2 Å². The molecule has 34 heavy (non-hydrogen) atoms. The van der Waals surface area contributed by atoms with Gasteiger partial charge in [-0.15, -0.1) is 10.2 Å². The van der Waals surface area contributed by atoms with Crippen LogP contribution in [0.3, 0.4) is 0 Å². The summed E-state index contributed by atoms with van der Waals surface area (Å²) in [5.74, 6) is -1.41. The van der Waals surface area contributed by atoms with E-state index in [2.05, 4.69) is 20.5 Å². The van der Waals surface area contributed by atoms with Crippen molar-refractivity contribution >= 4 is 40.2 Å². The summed E-state index contributed by atoms with van der Waals surface area (Å²) in [5, 5.41) is 21.2. The lowest BCUT2D eigenvalue weighted by atomic mass is 10.1. The molecule has 3 aromatic carbocycles. The Bertz CT molecular complexity index is 1390. The monoisotopic (exact) mass is 453 g/mol. The van der Waals surface area contributed by atoms with E-state index in [1.165, 1.54) is 6.08 Å². The molecular formula is C26H23N5O3. The van der Waals surface area contributed by atoms with Crippen LogP contribution in [0.15, 0.2) is 94.8 Å². The molecule has 4 rings (SSSR count). The summed E-state index contributed by atoms with van der Waals surface area (Å²) in [4.78, 5) is 30.5. The number of nitrogens with zero attached hydrogens (tertiary/aromatic N) is 3. The van der Waals surface area contributed by atoms with E-state index in [0.29, 0.717) is 22.0 Å². The summed E-state index contributed by atoms with van der Waals surface area (Å²) in [5.41, 5.74) is 2.86. The number of carbonyl (C=O) groups is 2. The number of hydrogen-bond acceptors (Lipinski definition) is 5. The molecule has 170 valence electrons. The van der Waals surface area contributed by atoms with Crippen LogP contribution in [0.25, 0.3) is 17.0 Å². The van der Waals surface area contributed by atoms with Gasteiger partial charge in [0.2, 0.25) is 5.88 Å². The first-order chi connectivity index (χ1) is 16.4. The van der Waals surface area contributed by atoms with Crippen molar-refractivity contribution in [2.75, 3.05) is 19.0 Å². The fourth-order valence-electron chi connectivity index (χ4n) is 3.33. The van der Waals surface area contributed by atoms with Gasteiger partial charge in [-0.3, -0.25) is 9.59 Å². The number of carbonyl (C=O) groups excluding carboxylic acids is 2. The number of hydrogen-bond donors (Lipinski definition) is 3. The quantitative estimate of drug-likeness (QED) is 0.281. The Hall–Kier alpha value is -4.72. The molecule has 4 aromatic rings. The first kappa shape index (κ1) is 22.5. The standard InChI is InChI=1S/C26H23N5O3/c1-31(2)19-14-12-17(13-15-19)16-22(28-24(32)18-8-4-3-5-9-18)25(33)30-29-23-20-10-6-7-11-21(20)27-26(23)34/h3-16,27,34H,1-2H3,(H,28,32)/b22-16-,30-29?. The molecule has 0 saturated heterocycles. The first-order valence-corrected chi connectivity index (χ1v) is 10.5. The van der Waals surface area contributed by atoms with Crippen LogP contribution >= 0.6 is 0 Å². The number of para-hydroxylation sites is 1. The van der Waals surface area contributed by atoms with Crippen LogP contribution in [0, 0.1) is 0 Å². The predicted octanol–water partition coefficient (Wildman–Crippen LogP) is 5.02. The van der Waals surface area contributed by atoms with Crippen molar-refractivity contribution in [3.8, 4) is 5.88 Å². The minimum Gasteiger partial charge on any atom is -0.493 e. The van der Waals surface area contributed by atoms with E-state index in [4.69, 9.17) is 0 Å². The lowest BCUT2D eigenvalue weighted by Crippen LogP contribution is -2.26. The van der Waals surface area contributed by atoms with Crippen LogP contribution in [0.1, 0.15) is 15.9 Å². The topological polar surface area (TPSA) is 110 Å². The number of aromatic hydroxyl groups is 1. The molecule has 0 spiro atoms. The molecule has 0 atom stereocenters. The van der Waals surface area contributed by atoms with Gasteiger partial charge < -0.3 is 20.3 Å². The lowest BCUT2D eigenvalue weighted by molar-refractivity contribution is -0.115. The highest BCUT2D eigenvalue weighted by Crippen LogP contribution is 2.35. The molecule has 2 amide bonds. The van der Waals surface area contributed by atoms with E-state index < -0.39 is 11.8 Å². The van der Waals surface area contributed by atoms with Gasteiger partial charge in [0.15, 0.2) is 5.69 Å². The van der Waals surface area contributed by atoms with Crippen LogP contribution in [0.2, 0.25) is 0 Å². The third kappa shape index (κ3) is 5.02. The third-order valence-corrected chi connectivity index (χ3v) is 5.14. The number of benzene rings is 3. The number of amides is 2. The van der Waals surface area contributed by atoms with E-state index in [0.717, 1.165) is 5.69 Å². The minimum absolute atomic E-state index is 0.0467. The van der Waals surface area contributed by atoms with E-state index >= 15 is 0 Å². The van der Waals surface area contributed by atoms with Crippen molar-refractivity contribution in [1.82, 2.24) is 10.3 Å². The summed E-state index contributed by atoms with van der Waals surface area (Å²) >= 11 is 0. The summed E-state index contributed by atoms with van der Waals surface area (Å²) in [7, 11) is 3.86. The molecule has 0 radical (unpaired) electrons. The molecule has 8 nitrogen and oxygen atoms in total. The van der Waals surface area contributed by atoms with Crippen molar-refractivity contribution in [3.05, 3.63) is 95.7 Å². The summed E-state index contributed by atoms with van der Waals surface area (Å²) in [6, 6.07) is 23.2. The molecule has 1 aromatic heterocycles. The zero-order valence-electron chi connectivity index (χ0n) is 18.7. The van der Waals surface area contributed by atoms with Crippen molar-refractivity contribution < 1.29 is 14.7 Å². The maximum absolute atomic E-state index is 13.0. The number of rotatable bonds is 6. The zero-order chi connectivity index (χ0) is 24.1. The van der Waals surface area contributed by atoms with Crippen molar-refractivity contribution in [2.24, 2.45) is 10.2 Å². The summed E-state index contributed by atoms with van der Waals surface area (Å²) in [6.07, 6.45) is 1.54. The Kier molecular flexibility index (Phi) is 6.49. The molecular weight excluding hydrogens is 430 g/mol. The highest BCUT2D eigenvalue weighted by Gasteiger charge is 2.16. The number of aromatic nitrogens is 1. The van der Waals surface area contributed by atoms with Gasteiger partial charge in [-0.1, -0.05) is 48.5 Å². The number of anilines is 1. The van der Waals surface area contributed by atoms with Crippen molar-refractivity contribution in [3.63, 3.8) is 0 Å². The fraction of sp³-hybridized carbons (Fsp3) is 0.0769. The van der Waals surface area contributed by atoms with Crippen LogP contribution in [0.4, 0.5) is 11.4 Å². The Morgan fingerprint density at radius 3 is 2.32 bits per heavy atom. The molecule has 8 heteroatoms. The van der Waals surface area contributed by atoms with Gasteiger partial charge in [0.1, 0.15) is 5.70 Å². The molecule has 0 bridgehead atoms. The van der Waals surface area contributed by atoms with E-state index in [9.17, 15) is 14.7 Å². The minimum atomic E-state index is -0.759. The number of azo groups is 1. The van der Waals surface area contributed by atoms with Gasteiger partial charge in [0.05, 0.1) is 5.52 Å². The predicted molar refractivity (Wildman–Crippen MR) is 132 cm³/mol. The van der Waals surface area contributed by atoms with Gasteiger partial charge in [0, 0.05) is 30.7 Å². The van der Waals surface area contributed by atoms with Gasteiger partial charge >= 0.3 is 5.91 Å². The van der Waals surface area contributed by atoms with Crippen LogP contribution in [0.5, 0.6) is 5.88 Å². The number of aromatic amines is 1. The number of nitrogens with one attached hydrogen (secondary N) is 2. The first-order valence-electron chi connectivity index (χ1n) is 10.5. The van der Waals surface area contributed by atoms with Gasteiger partial charge in [-0.2, -0.15) is 0 Å². The second-order valence-electron chi connectivity index (χ2n) is 7.74. The van der Waals surface area contributed by atoms with Crippen LogP contribution in [-0.4, -0.2) is 36.0 Å². The smallest absolute Gasteiger partial charge is 0.311 e. The molecule has 0 fully saturated rings. The largest absolute Gasteiger partial charge is 0.493 e. The van der Waals surface area contributed by atoms with Gasteiger partial charge in [-0.25, -0.2) is 0 Å². The fourth-order valence-corrected chi connectivity index (χ4v) is 3.33. The second kappa shape index (κ2) is 9.83. The molecule has 1 heterocycles. The highest BCUT2D eigenvalue weighted by atomic mass is 16.3. The third-order valence-electron chi connectivity index (χ3n) is 5.14. The Morgan fingerprint density at radius 1 is 0.941 bits per heavy atom. The Labute approximate surface area is 196 Å². The Balaban J connectivity index is 1.66. The SMILES string of the molecule is CN(C)c1ccc(/C=C(\NC(=O)c2ccccc2)C(=O)N=Nc2c(O)[nH]c3ccccc23)cc1. The number of H-pyrrole nitrogens is 1. The van der Waals surface area contributed by atoms with E-state index in [-0.39, 0.29) is 17.3 Å². The summed E-state index contributed by atoms with van der Waals surface area (Å²) in [6.45, 7) is 0. The Morgan fingerprint density at radius 2 is 1.62 bits per heavy atom. The molecule has 0 unspecified atom stereocenters. The van der Waals surface area contributed by atoms with Crippen LogP contribution in [-0.2, 0) is 4.79 Å². The maximum Gasteiger partial charge on any atom is 0.311 e. The van der Waals surface area contributed by atoms with E-state index in [1.54, 1.807) is 48.5 Å². The molecule has 0 aliphatic carbocycles. The molecule has 0 aliphatic heterocycles. The second-order valence-corrected chi connectivity index (χ2v) is 7.74. The average molecular weight is 454 g/mol. The summed E-state index contributed by atoms with van der Waals surface area (Å²) < 4.78 is 0. The lowest BCUT2D eigenvalue weighted by Gasteiger charge is -2.12. The molecule has 3 N–H and O–H groups in total. The maximum atomic E-state index is 13.0. The van der Waals surface area contributed by atoms with Gasteiger partial charge in [-0.05, 0) is 42.0 Å². The highest BCUT2D eigenvalue weighted by molar-refractivity contribution is 6.05.